The zero-order valence-electron chi connectivity index (χ0n) is 11.1. The van der Waals surface area contributed by atoms with E-state index in [9.17, 15) is 10.1 Å². The number of nitro benzene ring substituents is 1. The van der Waals surface area contributed by atoms with Crippen LogP contribution in [0.3, 0.4) is 0 Å². The fourth-order valence-corrected chi connectivity index (χ4v) is 3.25. The molecule has 2 fully saturated rings. The number of anilines is 1. The van der Waals surface area contributed by atoms with E-state index in [1.807, 2.05) is 6.07 Å². The Hall–Kier alpha value is -2.13. The normalized spacial score (nSPS) is 25.1. The summed E-state index contributed by atoms with van der Waals surface area (Å²) in [6.07, 6.45) is 2.35. The average Bonchev–Trinajstić information content (AvgIpc) is 2.90. The van der Waals surface area contributed by atoms with Crippen LogP contribution in [0, 0.1) is 27.4 Å². The molecule has 0 amide bonds. The number of rotatable bonds is 2. The Bertz CT molecular complexity index is 567. The molecule has 0 radical (unpaired) electrons. The zero-order valence-corrected chi connectivity index (χ0v) is 11.1. The number of hydrogen-bond acceptors (Lipinski definition) is 5. The molecule has 0 spiro atoms. The minimum Gasteiger partial charge on any atom is -0.364 e. The van der Waals surface area contributed by atoms with Crippen molar-refractivity contribution in [3.63, 3.8) is 0 Å². The van der Waals surface area contributed by atoms with Crippen LogP contribution in [-0.4, -0.2) is 30.6 Å². The standard InChI is InChI=1S/C14H16N4O2/c15-7-10-3-4-13(14(6-10)18(19)20)17-8-11-2-1-5-16-12(11)9-17/h3-4,6,11-12,16H,1-2,5,8-9H2/t11-,12+/m0/s1. The zero-order chi connectivity index (χ0) is 14.1. The summed E-state index contributed by atoms with van der Waals surface area (Å²) in [5.41, 5.74) is 0.989. The van der Waals surface area contributed by atoms with Gasteiger partial charge in [-0.1, -0.05) is 0 Å². The highest BCUT2D eigenvalue weighted by atomic mass is 16.6. The Morgan fingerprint density at radius 2 is 2.30 bits per heavy atom. The molecule has 20 heavy (non-hydrogen) atoms. The molecule has 2 atom stereocenters. The van der Waals surface area contributed by atoms with E-state index in [4.69, 9.17) is 5.26 Å². The lowest BCUT2D eigenvalue weighted by Crippen LogP contribution is -2.40. The highest BCUT2D eigenvalue weighted by Gasteiger charge is 2.36. The molecule has 0 saturated carbocycles. The van der Waals surface area contributed by atoms with Crippen LogP contribution >= 0.6 is 0 Å². The quantitative estimate of drug-likeness (QED) is 0.654. The first-order valence-electron chi connectivity index (χ1n) is 6.86. The van der Waals surface area contributed by atoms with Crippen molar-refractivity contribution in [1.82, 2.24) is 5.32 Å². The molecule has 6 nitrogen and oxygen atoms in total. The highest BCUT2D eigenvalue weighted by molar-refractivity contribution is 5.66. The second kappa shape index (κ2) is 5.10. The Balaban J connectivity index is 1.90. The second-order valence-electron chi connectivity index (χ2n) is 5.44. The number of nitriles is 1. The Morgan fingerprint density at radius 1 is 1.45 bits per heavy atom. The maximum atomic E-state index is 11.2. The van der Waals surface area contributed by atoms with Gasteiger partial charge in [-0.05, 0) is 37.4 Å². The topological polar surface area (TPSA) is 82.2 Å². The van der Waals surface area contributed by atoms with Gasteiger partial charge in [-0.15, -0.1) is 0 Å². The van der Waals surface area contributed by atoms with Gasteiger partial charge in [0, 0.05) is 25.2 Å². The predicted molar refractivity (Wildman–Crippen MR) is 74.5 cm³/mol. The fourth-order valence-electron chi connectivity index (χ4n) is 3.25. The molecule has 6 heteroatoms. The van der Waals surface area contributed by atoms with E-state index < -0.39 is 4.92 Å². The van der Waals surface area contributed by atoms with Crippen LogP contribution in [0.1, 0.15) is 18.4 Å². The molecule has 1 N–H and O–H groups in total. The summed E-state index contributed by atoms with van der Waals surface area (Å²) in [6.45, 7) is 2.69. The van der Waals surface area contributed by atoms with E-state index in [1.54, 1.807) is 12.1 Å². The minimum absolute atomic E-state index is 0.0303. The van der Waals surface area contributed by atoms with E-state index in [0.29, 0.717) is 23.2 Å². The van der Waals surface area contributed by atoms with Crippen molar-refractivity contribution in [2.45, 2.75) is 18.9 Å². The first-order chi connectivity index (χ1) is 9.69. The molecule has 2 saturated heterocycles. The van der Waals surface area contributed by atoms with Gasteiger partial charge in [0.25, 0.3) is 5.69 Å². The number of nitrogens with one attached hydrogen (secondary N) is 1. The summed E-state index contributed by atoms with van der Waals surface area (Å²) < 4.78 is 0. The Labute approximate surface area is 117 Å². The van der Waals surface area contributed by atoms with Crippen LogP contribution < -0.4 is 10.2 Å². The summed E-state index contributed by atoms with van der Waals surface area (Å²) in [6, 6.07) is 7.10. The summed E-state index contributed by atoms with van der Waals surface area (Å²) >= 11 is 0. The molecule has 2 aliphatic rings. The van der Waals surface area contributed by atoms with Crippen molar-refractivity contribution in [3.05, 3.63) is 33.9 Å². The van der Waals surface area contributed by atoms with Crippen LogP contribution in [0.25, 0.3) is 0 Å². The second-order valence-corrected chi connectivity index (χ2v) is 5.44. The predicted octanol–water partition coefficient (Wildman–Crippen LogP) is 1.65. The van der Waals surface area contributed by atoms with Crippen LogP contribution in [0.5, 0.6) is 0 Å². The highest BCUT2D eigenvalue weighted by Crippen LogP contribution is 2.35. The Kier molecular flexibility index (Phi) is 3.28. The van der Waals surface area contributed by atoms with Gasteiger partial charge >= 0.3 is 0 Å². The first-order valence-corrected chi connectivity index (χ1v) is 6.86. The van der Waals surface area contributed by atoms with Gasteiger partial charge in [-0.2, -0.15) is 5.26 Å². The van der Waals surface area contributed by atoms with E-state index in [2.05, 4.69) is 10.2 Å². The fraction of sp³-hybridized carbons (Fsp3) is 0.500. The van der Waals surface area contributed by atoms with Gasteiger partial charge in [0.05, 0.1) is 16.6 Å². The van der Waals surface area contributed by atoms with Crippen LogP contribution in [-0.2, 0) is 0 Å². The van der Waals surface area contributed by atoms with Crippen molar-refractivity contribution in [3.8, 4) is 6.07 Å². The lowest BCUT2D eigenvalue weighted by atomic mass is 9.94. The van der Waals surface area contributed by atoms with Crippen molar-refractivity contribution in [2.75, 3.05) is 24.5 Å². The molecule has 1 aromatic carbocycles. The molecule has 0 unspecified atom stereocenters. The van der Waals surface area contributed by atoms with Gasteiger partial charge < -0.3 is 10.2 Å². The van der Waals surface area contributed by atoms with Gasteiger partial charge in [-0.25, -0.2) is 0 Å². The molecule has 0 aromatic heterocycles. The van der Waals surface area contributed by atoms with Crippen molar-refractivity contribution < 1.29 is 4.92 Å². The van der Waals surface area contributed by atoms with Gasteiger partial charge in [-0.3, -0.25) is 10.1 Å². The third kappa shape index (κ3) is 2.21. The van der Waals surface area contributed by atoms with Gasteiger partial charge in [0.2, 0.25) is 0 Å². The number of benzene rings is 1. The van der Waals surface area contributed by atoms with E-state index in [0.717, 1.165) is 19.6 Å². The van der Waals surface area contributed by atoms with E-state index in [-0.39, 0.29) is 5.69 Å². The maximum absolute atomic E-state index is 11.2. The number of nitro groups is 1. The molecular formula is C14H16N4O2. The molecule has 3 rings (SSSR count). The van der Waals surface area contributed by atoms with E-state index >= 15 is 0 Å². The monoisotopic (exact) mass is 272 g/mol. The largest absolute Gasteiger partial charge is 0.364 e. The van der Waals surface area contributed by atoms with Crippen LogP contribution in [0.15, 0.2) is 18.2 Å². The smallest absolute Gasteiger partial charge is 0.293 e. The summed E-state index contributed by atoms with van der Waals surface area (Å²) in [7, 11) is 0. The third-order valence-electron chi connectivity index (χ3n) is 4.24. The lowest BCUT2D eigenvalue weighted by molar-refractivity contribution is -0.384. The molecular weight excluding hydrogens is 256 g/mol. The SMILES string of the molecule is N#Cc1ccc(N2C[C@@H]3CCCN[C@@H]3C2)c([N+](=O)[O-])c1. The number of hydrogen-bond donors (Lipinski definition) is 1. The third-order valence-corrected chi connectivity index (χ3v) is 4.24. The number of nitrogens with zero attached hydrogens (tertiary/aromatic N) is 3. The van der Waals surface area contributed by atoms with Crippen LogP contribution in [0.2, 0.25) is 0 Å². The summed E-state index contributed by atoms with van der Waals surface area (Å²) in [4.78, 5) is 12.9. The minimum atomic E-state index is -0.397. The summed E-state index contributed by atoms with van der Waals surface area (Å²) in [5, 5.41) is 23.6. The Morgan fingerprint density at radius 3 is 3.00 bits per heavy atom. The van der Waals surface area contributed by atoms with Gasteiger partial charge in [0.1, 0.15) is 5.69 Å². The first kappa shape index (κ1) is 12.9. The number of piperidine rings is 1. The molecule has 0 aliphatic carbocycles. The molecule has 0 bridgehead atoms. The van der Waals surface area contributed by atoms with Crippen LogP contribution in [0.4, 0.5) is 11.4 Å². The van der Waals surface area contributed by atoms with Crippen molar-refractivity contribution >= 4 is 11.4 Å². The number of fused-ring (bicyclic) bond motifs is 1. The molecule has 104 valence electrons. The van der Waals surface area contributed by atoms with E-state index in [1.165, 1.54) is 18.9 Å². The van der Waals surface area contributed by atoms with Crippen molar-refractivity contribution in [2.24, 2.45) is 5.92 Å². The summed E-state index contributed by atoms with van der Waals surface area (Å²) in [5.74, 6) is 0.569. The molecule has 1 aromatic rings. The van der Waals surface area contributed by atoms with Crippen molar-refractivity contribution in [1.29, 1.82) is 5.26 Å². The average molecular weight is 272 g/mol. The molecule has 2 heterocycles. The van der Waals surface area contributed by atoms with Gasteiger partial charge in [0.15, 0.2) is 0 Å². The maximum Gasteiger partial charge on any atom is 0.293 e. The lowest BCUT2D eigenvalue weighted by Gasteiger charge is -2.24. The molecule has 2 aliphatic heterocycles.